The zero-order valence-corrected chi connectivity index (χ0v) is 11.8. The Bertz CT molecular complexity index is 646. The summed E-state index contributed by atoms with van der Waals surface area (Å²) in [6.45, 7) is 3.21. The van der Waals surface area contributed by atoms with E-state index in [4.69, 9.17) is 0 Å². The fraction of sp³-hybridized carbons (Fsp3) is 0.375. The Balaban J connectivity index is 1.95. The predicted molar refractivity (Wildman–Crippen MR) is 80.7 cm³/mol. The lowest BCUT2D eigenvalue weighted by molar-refractivity contribution is -0.121. The van der Waals surface area contributed by atoms with Gasteiger partial charge < -0.3 is 9.88 Å². The fourth-order valence-electron chi connectivity index (χ4n) is 2.20. The van der Waals surface area contributed by atoms with E-state index < -0.39 is 0 Å². The third-order valence-electron chi connectivity index (χ3n) is 3.26. The summed E-state index contributed by atoms with van der Waals surface area (Å²) >= 11 is 0. The Hall–Kier alpha value is -2.10. The molecule has 0 saturated heterocycles. The van der Waals surface area contributed by atoms with Gasteiger partial charge in [-0.05, 0) is 30.4 Å². The molecule has 20 heavy (non-hydrogen) atoms. The fourth-order valence-corrected chi connectivity index (χ4v) is 2.20. The van der Waals surface area contributed by atoms with Gasteiger partial charge in [-0.15, -0.1) is 0 Å². The standard InChI is InChI=1S/C16H20N2O2/c1-2-6-15(19)17-10-5-11-18-12-9-13-7-3-4-8-14(13)16(18)20/h3-4,7-9,12H,2,5-6,10-11H2,1H3,(H,17,19). The molecule has 0 aliphatic carbocycles. The van der Waals surface area contributed by atoms with Crippen molar-refractivity contribution in [2.75, 3.05) is 6.54 Å². The molecule has 4 heteroatoms. The minimum absolute atomic E-state index is 0.0305. The van der Waals surface area contributed by atoms with E-state index in [1.165, 1.54) is 0 Å². The van der Waals surface area contributed by atoms with Crippen molar-refractivity contribution >= 4 is 16.7 Å². The summed E-state index contributed by atoms with van der Waals surface area (Å²) in [6, 6.07) is 9.53. The van der Waals surface area contributed by atoms with Crippen molar-refractivity contribution in [3.05, 3.63) is 46.9 Å². The lowest BCUT2D eigenvalue weighted by Gasteiger charge is -2.08. The number of amides is 1. The molecule has 1 aromatic heterocycles. The van der Waals surface area contributed by atoms with Crippen LogP contribution in [0.2, 0.25) is 0 Å². The van der Waals surface area contributed by atoms with Crippen LogP contribution in [0, 0.1) is 0 Å². The van der Waals surface area contributed by atoms with E-state index in [0.717, 1.165) is 23.6 Å². The van der Waals surface area contributed by atoms with E-state index in [-0.39, 0.29) is 11.5 Å². The molecular weight excluding hydrogens is 252 g/mol. The second kappa shape index (κ2) is 6.89. The van der Waals surface area contributed by atoms with Crippen LogP contribution in [-0.4, -0.2) is 17.0 Å². The summed E-state index contributed by atoms with van der Waals surface area (Å²) in [5, 5.41) is 4.56. The highest BCUT2D eigenvalue weighted by Gasteiger charge is 2.02. The number of pyridine rings is 1. The highest BCUT2D eigenvalue weighted by atomic mass is 16.1. The lowest BCUT2D eigenvalue weighted by atomic mass is 10.2. The minimum Gasteiger partial charge on any atom is -0.356 e. The molecule has 106 valence electrons. The van der Waals surface area contributed by atoms with Crippen molar-refractivity contribution < 1.29 is 4.79 Å². The molecular formula is C16H20N2O2. The number of aromatic nitrogens is 1. The lowest BCUT2D eigenvalue weighted by Crippen LogP contribution is -2.26. The van der Waals surface area contributed by atoms with Crippen LogP contribution in [0.4, 0.5) is 0 Å². The molecule has 1 N–H and O–H groups in total. The highest BCUT2D eigenvalue weighted by Crippen LogP contribution is 2.08. The van der Waals surface area contributed by atoms with Crippen LogP contribution in [-0.2, 0) is 11.3 Å². The second-order valence-electron chi connectivity index (χ2n) is 4.86. The molecule has 0 radical (unpaired) electrons. The largest absolute Gasteiger partial charge is 0.356 e. The molecule has 1 amide bonds. The average Bonchev–Trinajstić information content (AvgIpc) is 2.46. The molecule has 0 aliphatic heterocycles. The second-order valence-corrected chi connectivity index (χ2v) is 4.86. The van der Waals surface area contributed by atoms with Crippen molar-refractivity contribution in [3.63, 3.8) is 0 Å². The van der Waals surface area contributed by atoms with Crippen molar-refractivity contribution in [2.45, 2.75) is 32.7 Å². The molecule has 0 spiro atoms. The molecule has 0 fully saturated rings. The number of rotatable bonds is 6. The summed E-state index contributed by atoms with van der Waals surface area (Å²) < 4.78 is 1.70. The van der Waals surface area contributed by atoms with Crippen LogP contribution in [0.1, 0.15) is 26.2 Å². The maximum atomic E-state index is 12.2. The number of aryl methyl sites for hydroxylation is 1. The van der Waals surface area contributed by atoms with Gasteiger partial charge in [0.1, 0.15) is 0 Å². The van der Waals surface area contributed by atoms with Crippen LogP contribution >= 0.6 is 0 Å². The quantitative estimate of drug-likeness (QED) is 0.820. The zero-order valence-electron chi connectivity index (χ0n) is 11.8. The highest BCUT2D eigenvalue weighted by molar-refractivity contribution is 5.81. The molecule has 1 heterocycles. The Morgan fingerprint density at radius 3 is 2.85 bits per heavy atom. The normalized spacial score (nSPS) is 10.7. The number of benzene rings is 1. The smallest absolute Gasteiger partial charge is 0.258 e. The van der Waals surface area contributed by atoms with Crippen molar-refractivity contribution in [2.24, 2.45) is 0 Å². The molecule has 1 aromatic carbocycles. The van der Waals surface area contributed by atoms with Crippen LogP contribution in [0.25, 0.3) is 10.8 Å². The molecule has 0 bridgehead atoms. The third kappa shape index (κ3) is 3.47. The monoisotopic (exact) mass is 272 g/mol. The van der Waals surface area contributed by atoms with E-state index in [2.05, 4.69) is 5.32 Å². The summed E-state index contributed by atoms with van der Waals surface area (Å²) in [6.07, 6.45) is 4.00. The zero-order chi connectivity index (χ0) is 14.4. The van der Waals surface area contributed by atoms with Gasteiger partial charge in [-0.2, -0.15) is 0 Å². The van der Waals surface area contributed by atoms with Crippen molar-refractivity contribution in [1.82, 2.24) is 9.88 Å². The first-order valence-electron chi connectivity index (χ1n) is 7.07. The van der Waals surface area contributed by atoms with Crippen molar-refractivity contribution in [1.29, 1.82) is 0 Å². The maximum Gasteiger partial charge on any atom is 0.258 e. The Kier molecular flexibility index (Phi) is 4.93. The van der Waals surface area contributed by atoms with Crippen molar-refractivity contribution in [3.8, 4) is 0 Å². The van der Waals surface area contributed by atoms with Gasteiger partial charge in [-0.1, -0.05) is 25.1 Å². The Morgan fingerprint density at radius 2 is 2.05 bits per heavy atom. The van der Waals surface area contributed by atoms with Crippen LogP contribution in [0.3, 0.4) is 0 Å². The molecule has 0 aliphatic rings. The van der Waals surface area contributed by atoms with Gasteiger partial charge in [0.25, 0.3) is 5.56 Å². The van der Waals surface area contributed by atoms with Gasteiger partial charge in [-0.25, -0.2) is 0 Å². The van der Waals surface area contributed by atoms with Crippen LogP contribution in [0.5, 0.6) is 0 Å². The van der Waals surface area contributed by atoms with Gasteiger partial charge in [0, 0.05) is 31.1 Å². The summed E-state index contributed by atoms with van der Waals surface area (Å²) in [7, 11) is 0. The first-order valence-corrected chi connectivity index (χ1v) is 7.07. The molecule has 0 saturated carbocycles. The number of hydrogen-bond acceptors (Lipinski definition) is 2. The van der Waals surface area contributed by atoms with Gasteiger partial charge >= 0.3 is 0 Å². The number of carbonyl (C=O) groups is 1. The Morgan fingerprint density at radius 1 is 1.25 bits per heavy atom. The first-order chi connectivity index (χ1) is 9.72. The van der Waals surface area contributed by atoms with E-state index in [0.29, 0.717) is 19.5 Å². The summed E-state index contributed by atoms with van der Waals surface area (Å²) in [4.78, 5) is 23.6. The number of nitrogens with zero attached hydrogens (tertiary/aromatic N) is 1. The SMILES string of the molecule is CCCC(=O)NCCCn1ccc2ccccc2c1=O. The molecule has 2 aromatic rings. The van der Waals surface area contributed by atoms with E-state index in [1.54, 1.807) is 4.57 Å². The third-order valence-corrected chi connectivity index (χ3v) is 3.26. The maximum absolute atomic E-state index is 12.2. The molecule has 0 atom stereocenters. The van der Waals surface area contributed by atoms with Crippen LogP contribution < -0.4 is 10.9 Å². The van der Waals surface area contributed by atoms with Gasteiger partial charge in [0.15, 0.2) is 0 Å². The minimum atomic E-state index is 0.0305. The van der Waals surface area contributed by atoms with Gasteiger partial charge in [-0.3, -0.25) is 9.59 Å². The molecule has 2 rings (SSSR count). The van der Waals surface area contributed by atoms with E-state index in [9.17, 15) is 9.59 Å². The predicted octanol–water partition coefficient (Wildman–Crippen LogP) is 2.31. The topological polar surface area (TPSA) is 51.1 Å². The number of hydrogen-bond donors (Lipinski definition) is 1. The summed E-state index contributed by atoms with van der Waals surface area (Å²) in [5.41, 5.74) is 0.0305. The van der Waals surface area contributed by atoms with E-state index >= 15 is 0 Å². The Labute approximate surface area is 118 Å². The number of fused-ring (bicyclic) bond motifs is 1. The average molecular weight is 272 g/mol. The number of carbonyl (C=O) groups excluding carboxylic acids is 1. The first kappa shape index (κ1) is 14.3. The molecule has 0 unspecified atom stereocenters. The summed E-state index contributed by atoms with van der Waals surface area (Å²) in [5.74, 6) is 0.0818. The number of nitrogens with one attached hydrogen (secondary N) is 1. The molecule has 4 nitrogen and oxygen atoms in total. The van der Waals surface area contributed by atoms with Crippen LogP contribution in [0.15, 0.2) is 41.3 Å². The van der Waals surface area contributed by atoms with E-state index in [1.807, 2.05) is 43.5 Å². The van der Waals surface area contributed by atoms with Gasteiger partial charge in [0.05, 0.1) is 0 Å². The van der Waals surface area contributed by atoms with Gasteiger partial charge in [0.2, 0.25) is 5.91 Å².